The molecule has 0 aliphatic rings. The van der Waals surface area contributed by atoms with Crippen LogP contribution in [0.15, 0.2) is 36.7 Å². The second kappa shape index (κ2) is 6.36. The highest BCUT2D eigenvalue weighted by molar-refractivity contribution is 6.30. The van der Waals surface area contributed by atoms with Gasteiger partial charge in [0, 0.05) is 36.1 Å². The smallest absolute Gasteiger partial charge is 0.238 e. The largest absolute Gasteiger partial charge is 0.325 e. The van der Waals surface area contributed by atoms with E-state index in [2.05, 4.69) is 15.7 Å². The predicted molar refractivity (Wildman–Crippen MR) is 75.0 cm³/mol. The number of anilines is 1. The third kappa shape index (κ3) is 4.39. The number of carbonyl (C=O) groups is 1. The van der Waals surface area contributed by atoms with E-state index in [9.17, 15) is 4.79 Å². The maximum absolute atomic E-state index is 11.7. The Balaban J connectivity index is 1.76. The first-order valence-electron chi connectivity index (χ1n) is 5.87. The van der Waals surface area contributed by atoms with E-state index < -0.39 is 0 Å². The van der Waals surface area contributed by atoms with E-state index in [0.717, 1.165) is 5.56 Å². The minimum absolute atomic E-state index is 0.105. The third-order valence-corrected chi connectivity index (χ3v) is 2.72. The number of carbonyl (C=O) groups excluding carboxylic acids is 1. The van der Waals surface area contributed by atoms with Crippen LogP contribution in [0, 0.1) is 0 Å². The van der Waals surface area contributed by atoms with Crippen molar-refractivity contribution in [2.45, 2.75) is 6.54 Å². The van der Waals surface area contributed by atoms with Gasteiger partial charge >= 0.3 is 0 Å². The first-order valence-corrected chi connectivity index (χ1v) is 6.25. The van der Waals surface area contributed by atoms with Crippen molar-refractivity contribution >= 4 is 23.2 Å². The summed E-state index contributed by atoms with van der Waals surface area (Å²) in [6.07, 6.45) is 3.67. The van der Waals surface area contributed by atoms with E-state index in [0.29, 0.717) is 17.3 Å². The summed E-state index contributed by atoms with van der Waals surface area (Å²) >= 11 is 5.84. The minimum Gasteiger partial charge on any atom is -0.325 e. The van der Waals surface area contributed by atoms with Crippen molar-refractivity contribution in [1.29, 1.82) is 0 Å². The summed E-state index contributed by atoms with van der Waals surface area (Å²) < 4.78 is 1.73. The van der Waals surface area contributed by atoms with E-state index >= 15 is 0 Å². The zero-order chi connectivity index (χ0) is 13.7. The molecule has 2 aromatic rings. The molecule has 1 aromatic heterocycles. The number of nitrogens with one attached hydrogen (secondary N) is 2. The SMILES string of the molecule is Cn1cc(CNCC(=O)Nc2cccc(Cl)c2)cn1. The number of nitrogens with zero attached hydrogens (tertiary/aromatic N) is 2. The second-order valence-corrected chi connectivity index (χ2v) is 4.62. The number of hydrogen-bond acceptors (Lipinski definition) is 3. The van der Waals surface area contributed by atoms with Crippen molar-refractivity contribution < 1.29 is 4.79 Å². The summed E-state index contributed by atoms with van der Waals surface area (Å²) in [5.74, 6) is -0.105. The van der Waals surface area contributed by atoms with Crippen molar-refractivity contribution in [2.24, 2.45) is 7.05 Å². The van der Waals surface area contributed by atoms with Crippen LogP contribution in [0.3, 0.4) is 0 Å². The van der Waals surface area contributed by atoms with Crippen molar-refractivity contribution in [3.8, 4) is 0 Å². The van der Waals surface area contributed by atoms with Crippen molar-refractivity contribution in [3.63, 3.8) is 0 Å². The average Bonchev–Trinajstić information content (AvgIpc) is 2.75. The van der Waals surface area contributed by atoms with Gasteiger partial charge in [-0.2, -0.15) is 5.10 Å². The zero-order valence-corrected chi connectivity index (χ0v) is 11.3. The van der Waals surface area contributed by atoms with Crippen LogP contribution >= 0.6 is 11.6 Å². The van der Waals surface area contributed by atoms with Crippen LogP contribution in [0.25, 0.3) is 0 Å². The standard InChI is InChI=1S/C13H15ClN4O/c1-18-9-10(7-16-18)6-15-8-13(19)17-12-4-2-3-11(14)5-12/h2-5,7,9,15H,6,8H2,1H3,(H,17,19). The number of rotatable bonds is 5. The second-order valence-electron chi connectivity index (χ2n) is 4.18. The molecule has 0 atom stereocenters. The van der Waals surface area contributed by atoms with Crippen LogP contribution in [0.4, 0.5) is 5.69 Å². The Morgan fingerprint density at radius 1 is 1.47 bits per heavy atom. The lowest BCUT2D eigenvalue weighted by Crippen LogP contribution is -2.27. The lowest BCUT2D eigenvalue weighted by atomic mass is 10.3. The van der Waals surface area contributed by atoms with Gasteiger partial charge in [-0.3, -0.25) is 9.48 Å². The van der Waals surface area contributed by atoms with Gasteiger partial charge in [0.2, 0.25) is 5.91 Å². The number of benzene rings is 1. The molecule has 5 nitrogen and oxygen atoms in total. The summed E-state index contributed by atoms with van der Waals surface area (Å²) in [5, 5.41) is 10.5. The summed E-state index contributed by atoms with van der Waals surface area (Å²) in [5.41, 5.74) is 1.73. The predicted octanol–water partition coefficient (Wildman–Crippen LogP) is 1.80. The van der Waals surface area contributed by atoms with Gasteiger partial charge in [0.25, 0.3) is 0 Å². The summed E-state index contributed by atoms with van der Waals surface area (Å²) in [7, 11) is 1.86. The molecule has 0 radical (unpaired) electrons. The van der Waals surface area contributed by atoms with E-state index in [1.807, 2.05) is 13.2 Å². The van der Waals surface area contributed by atoms with Crippen molar-refractivity contribution in [1.82, 2.24) is 15.1 Å². The Kier molecular flexibility index (Phi) is 4.54. The Morgan fingerprint density at radius 2 is 2.32 bits per heavy atom. The molecule has 0 spiro atoms. The maximum atomic E-state index is 11.7. The van der Waals surface area contributed by atoms with Crippen LogP contribution in [0.2, 0.25) is 5.02 Å². The van der Waals surface area contributed by atoms with Crippen LogP contribution < -0.4 is 10.6 Å². The lowest BCUT2D eigenvalue weighted by molar-refractivity contribution is -0.115. The van der Waals surface area contributed by atoms with Gasteiger partial charge in [0.15, 0.2) is 0 Å². The van der Waals surface area contributed by atoms with Crippen molar-refractivity contribution in [3.05, 3.63) is 47.2 Å². The molecule has 100 valence electrons. The van der Waals surface area contributed by atoms with Crippen LogP contribution in [0.5, 0.6) is 0 Å². The molecule has 0 unspecified atom stereocenters. The Hall–Kier alpha value is -1.85. The molecule has 0 saturated heterocycles. The minimum atomic E-state index is -0.105. The zero-order valence-electron chi connectivity index (χ0n) is 10.6. The topological polar surface area (TPSA) is 59.0 Å². The van der Waals surface area contributed by atoms with E-state index in [1.165, 1.54) is 0 Å². The highest BCUT2D eigenvalue weighted by atomic mass is 35.5. The van der Waals surface area contributed by atoms with Gasteiger partial charge in [-0.15, -0.1) is 0 Å². The number of aromatic nitrogens is 2. The van der Waals surface area contributed by atoms with Gasteiger partial charge in [0.05, 0.1) is 12.7 Å². The number of halogens is 1. The quantitative estimate of drug-likeness (QED) is 0.877. The Bertz CT molecular complexity index is 567. The highest BCUT2D eigenvalue weighted by Crippen LogP contribution is 2.14. The molecule has 1 heterocycles. The maximum Gasteiger partial charge on any atom is 0.238 e. The summed E-state index contributed by atoms with van der Waals surface area (Å²) in [6.45, 7) is 0.845. The third-order valence-electron chi connectivity index (χ3n) is 2.48. The molecule has 1 aromatic carbocycles. The van der Waals surface area contributed by atoms with Gasteiger partial charge < -0.3 is 10.6 Å². The number of amides is 1. The molecule has 1 amide bonds. The lowest BCUT2D eigenvalue weighted by Gasteiger charge is -2.06. The summed E-state index contributed by atoms with van der Waals surface area (Å²) in [4.78, 5) is 11.7. The molecular weight excluding hydrogens is 264 g/mol. The molecule has 2 rings (SSSR count). The van der Waals surface area contributed by atoms with E-state index in [1.54, 1.807) is 35.1 Å². The number of aryl methyl sites for hydroxylation is 1. The van der Waals surface area contributed by atoms with Gasteiger partial charge in [-0.1, -0.05) is 17.7 Å². The molecule has 0 saturated carbocycles. The molecule has 0 bridgehead atoms. The molecular formula is C13H15ClN4O. The normalized spacial score (nSPS) is 10.4. The highest BCUT2D eigenvalue weighted by Gasteiger charge is 2.03. The average molecular weight is 279 g/mol. The molecule has 19 heavy (non-hydrogen) atoms. The van der Waals surface area contributed by atoms with Crippen LogP contribution in [-0.2, 0) is 18.4 Å². The molecule has 6 heteroatoms. The van der Waals surface area contributed by atoms with Crippen LogP contribution in [-0.4, -0.2) is 22.2 Å². The molecule has 2 N–H and O–H groups in total. The van der Waals surface area contributed by atoms with Gasteiger partial charge in [-0.25, -0.2) is 0 Å². The monoisotopic (exact) mass is 278 g/mol. The first-order chi connectivity index (χ1) is 9.13. The first kappa shape index (κ1) is 13.6. The van der Waals surface area contributed by atoms with E-state index in [4.69, 9.17) is 11.6 Å². The fraction of sp³-hybridized carbons (Fsp3) is 0.231. The molecule has 0 aliphatic heterocycles. The Labute approximate surface area is 116 Å². The number of hydrogen-bond donors (Lipinski definition) is 2. The fourth-order valence-corrected chi connectivity index (χ4v) is 1.85. The fourth-order valence-electron chi connectivity index (χ4n) is 1.65. The van der Waals surface area contributed by atoms with Gasteiger partial charge in [-0.05, 0) is 18.2 Å². The van der Waals surface area contributed by atoms with Gasteiger partial charge in [0.1, 0.15) is 0 Å². The summed E-state index contributed by atoms with van der Waals surface area (Å²) in [6, 6.07) is 7.06. The molecule has 0 aliphatic carbocycles. The van der Waals surface area contributed by atoms with E-state index in [-0.39, 0.29) is 12.5 Å². The molecule has 0 fully saturated rings. The Morgan fingerprint density at radius 3 is 3.00 bits per heavy atom. The van der Waals surface area contributed by atoms with Crippen LogP contribution in [0.1, 0.15) is 5.56 Å². The van der Waals surface area contributed by atoms with Crippen molar-refractivity contribution in [2.75, 3.05) is 11.9 Å².